The summed E-state index contributed by atoms with van der Waals surface area (Å²) in [4.78, 5) is 15.6. The summed E-state index contributed by atoms with van der Waals surface area (Å²) in [5, 5.41) is 10.5. The van der Waals surface area contributed by atoms with Crippen LogP contribution in [-0.2, 0) is 0 Å². The van der Waals surface area contributed by atoms with Crippen molar-refractivity contribution in [2.45, 2.75) is 0 Å². The molecular formula is C14H10N6O. The van der Waals surface area contributed by atoms with E-state index in [-0.39, 0.29) is 5.69 Å². The number of H-pyrrole nitrogens is 1. The number of hydrogen-bond acceptors (Lipinski definition) is 4. The van der Waals surface area contributed by atoms with Gasteiger partial charge in [-0.1, -0.05) is 12.1 Å². The molecular weight excluding hydrogens is 268 g/mol. The van der Waals surface area contributed by atoms with E-state index in [1.807, 2.05) is 41.1 Å². The van der Waals surface area contributed by atoms with Crippen LogP contribution in [0.2, 0.25) is 0 Å². The van der Waals surface area contributed by atoms with E-state index in [4.69, 9.17) is 0 Å². The highest BCUT2D eigenvalue weighted by Gasteiger charge is 2.05. The van der Waals surface area contributed by atoms with Crippen LogP contribution in [-0.4, -0.2) is 29.4 Å². The Hall–Kier alpha value is -3.22. The van der Waals surface area contributed by atoms with Gasteiger partial charge in [0.2, 0.25) is 0 Å². The molecule has 0 aliphatic carbocycles. The van der Waals surface area contributed by atoms with Crippen molar-refractivity contribution in [1.82, 2.24) is 29.4 Å². The molecule has 0 saturated heterocycles. The Morgan fingerprint density at radius 1 is 1.05 bits per heavy atom. The third-order valence-corrected chi connectivity index (χ3v) is 3.24. The van der Waals surface area contributed by atoms with Crippen LogP contribution in [0.15, 0.2) is 59.9 Å². The lowest BCUT2D eigenvalue weighted by atomic mass is 10.1. The van der Waals surface area contributed by atoms with E-state index < -0.39 is 0 Å². The van der Waals surface area contributed by atoms with Crippen molar-refractivity contribution in [1.29, 1.82) is 0 Å². The molecule has 0 atom stereocenters. The Morgan fingerprint density at radius 2 is 1.90 bits per heavy atom. The van der Waals surface area contributed by atoms with Crippen molar-refractivity contribution in [2.24, 2.45) is 0 Å². The average Bonchev–Trinajstić information content (AvgIpc) is 3.18. The third-order valence-electron chi connectivity index (χ3n) is 3.24. The van der Waals surface area contributed by atoms with Crippen LogP contribution in [0.5, 0.6) is 0 Å². The van der Waals surface area contributed by atoms with Crippen LogP contribution in [0.1, 0.15) is 0 Å². The predicted molar refractivity (Wildman–Crippen MR) is 76.2 cm³/mol. The average molecular weight is 278 g/mol. The van der Waals surface area contributed by atoms with Crippen LogP contribution >= 0.6 is 0 Å². The Kier molecular flexibility index (Phi) is 2.43. The lowest BCUT2D eigenvalue weighted by molar-refractivity contribution is 0.884. The summed E-state index contributed by atoms with van der Waals surface area (Å²) >= 11 is 0. The van der Waals surface area contributed by atoms with Crippen LogP contribution in [0.3, 0.4) is 0 Å². The zero-order chi connectivity index (χ0) is 14.2. The minimum absolute atomic E-state index is 0.345. The second-order valence-electron chi connectivity index (χ2n) is 4.53. The molecule has 0 bridgehead atoms. The first-order valence-corrected chi connectivity index (χ1v) is 6.34. The molecule has 3 heterocycles. The maximum absolute atomic E-state index is 11.5. The van der Waals surface area contributed by atoms with Gasteiger partial charge in [0.25, 0.3) is 0 Å². The number of rotatable bonds is 2. The lowest BCUT2D eigenvalue weighted by Gasteiger charge is -2.04. The minimum Gasteiger partial charge on any atom is -0.306 e. The van der Waals surface area contributed by atoms with Gasteiger partial charge in [0, 0.05) is 23.6 Å². The highest BCUT2D eigenvalue weighted by atomic mass is 16.2. The van der Waals surface area contributed by atoms with Crippen molar-refractivity contribution in [2.75, 3.05) is 0 Å². The zero-order valence-electron chi connectivity index (χ0n) is 10.8. The van der Waals surface area contributed by atoms with Gasteiger partial charge >= 0.3 is 5.69 Å². The molecule has 7 nitrogen and oxygen atoms in total. The van der Waals surface area contributed by atoms with E-state index in [1.165, 1.54) is 4.52 Å². The van der Waals surface area contributed by atoms with Crippen LogP contribution < -0.4 is 5.69 Å². The molecule has 0 saturated carbocycles. The molecule has 0 unspecified atom stereocenters. The van der Waals surface area contributed by atoms with Gasteiger partial charge in [-0.15, -0.1) is 0 Å². The molecule has 0 aliphatic rings. The highest BCUT2D eigenvalue weighted by molar-refractivity contribution is 5.61. The molecule has 1 N–H and O–H groups in total. The number of nitrogens with one attached hydrogen (secondary N) is 1. The Bertz CT molecular complexity index is 949. The van der Waals surface area contributed by atoms with Crippen molar-refractivity contribution in [3.8, 4) is 16.9 Å². The SMILES string of the molecule is O=c1[nH]nc2ccc(-c3ccc(-n4ccnc4)cc3)nn12. The molecule has 0 spiro atoms. The number of aromatic amines is 1. The first-order chi connectivity index (χ1) is 10.3. The van der Waals surface area contributed by atoms with Gasteiger partial charge < -0.3 is 4.57 Å². The van der Waals surface area contributed by atoms with Gasteiger partial charge in [-0.2, -0.15) is 14.7 Å². The van der Waals surface area contributed by atoms with Crippen molar-refractivity contribution in [3.63, 3.8) is 0 Å². The second kappa shape index (κ2) is 4.41. The van der Waals surface area contributed by atoms with Crippen LogP contribution in [0.4, 0.5) is 0 Å². The predicted octanol–water partition coefficient (Wildman–Crippen LogP) is 1.27. The van der Waals surface area contributed by atoms with E-state index in [0.717, 1.165) is 11.3 Å². The summed E-state index contributed by atoms with van der Waals surface area (Å²) in [6.07, 6.45) is 5.35. The molecule has 4 aromatic rings. The van der Waals surface area contributed by atoms with E-state index in [9.17, 15) is 4.79 Å². The standard InChI is InChI=1S/C14H10N6O/c21-14-17-16-13-6-5-12(18-20(13)14)10-1-3-11(4-2-10)19-8-7-15-9-19/h1-9H,(H,17,21). The molecule has 0 aliphatic heterocycles. The summed E-state index contributed by atoms with van der Waals surface area (Å²) in [6.45, 7) is 0. The van der Waals surface area contributed by atoms with Crippen molar-refractivity contribution in [3.05, 3.63) is 65.6 Å². The van der Waals surface area contributed by atoms with E-state index in [2.05, 4.69) is 20.3 Å². The first kappa shape index (κ1) is 11.6. The molecule has 21 heavy (non-hydrogen) atoms. The molecule has 0 fully saturated rings. The lowest BCUT2D eigenvalue weighted by Crippen LogP contribution is -2.12. The Morgan fingerprint density at radius 3 is 2.67 bits per heavy atom. The van der Waals surface area contributed by atoms with Gasteiger partial charge in [0.15, 0.2) is 5.65 Å². The number of imidazole rings is 1. The number of nitrogens with zero attached hydrogens (tertiary/aromatic N) is 5. The van der Waals surface area contributed by atoms with Gasteiger partial charge in [0.1, 0.15) is 0 Å². The number of benzene rings is 1. The fourth-order valence-electron chi connectivity index (χ4n) is 2.17. The van der Waals surface area contributed by atoms with Crippen LogP contribution in [0.25, 0.3) is 22.6 Å². The van der Waals surface area contributed by atoms with E-state index in [1.54, 1.807) is 18.6 Å². The van der Waals surface area contributed by atoms with Gasteiger partial charge in [-0.05, 0) is 24.3 Å². The highest BCUT2D eigenvalue weighted by Crippen LogP contribution is 2.18. The zero-order valence-corrected chi connectivity index (χ0v) is 10.8. The molecule has 1 aromatic carbocycles. The van der Waals surface area contributed by atoms with Crippen LogP contribution in [0, 0.1) is 0 Å². The maximum Gasteiger partial charge on any atom is 0.364 e. The van der Waals surface area contributed by atoms with Crippen molar-refractivity contribution >= 4 is 5.65 Å². The van der Waals surface area contributed by atoms with Gasteiger partial charge in [-0.25, -0.2) is 14.9 Å². The Labute approximate surface area is 118 Å². The maximum atomic E-state index is 11.5. The topological polar surface area (TPSA) is 80.9 Å². The minimum atomic E-state index is -0.345. The van der Waals surface area contributed by atoms with E-state index in [0.29, 0.717) is 11.3 Å². The molecule has 3 aromatic heterocycles. The second-order valence-corrected chi connectivity index (χ2v) is 4.53. The normalized spacial score (nSPS) is 11.0. The van der Waals surface area contributed by atoms with Gasteiger partial charge in [-0.3, -0.25) is 0 Å². The number of fused-ring (bicyclic) bond motifs is 1. The fourth-order valence-corrected chi connectivity index (χ4v) is 2.17. The van der Waals surface area contributed by atoms with E-state index >= 15 is 0 Å². The molecule has 4 rings (SSSR count). The largest absolute Gasteiger partial charge is 0.364 e. The summed E-state index contributed by atoms with van der Waals surface area (Å²) < 4.78 is 3.17. The van der Waals surface area contributed by atoms with Gasteiger partial charge in [0.05, 0.1) is 12.0 Å². The first-order valence-electron chi connectivity index (χ1n) is 6.34. The Balaban J connectivity index is 1.77. The summed E-state index contributed by atoms with van der Waals surface area (Å²) in [5.41, 5.74) is 2.80. The number of aromatic nitrogens is 6. The summed E-state index contributed by atoms with van der Waals surface area (Å²) in [7, 11) is 0. The smallest absolute Gasteiger partial charge is 0.306 e. The molecule has 102 valence electrons. The molecule has 0 amide bonds. The molecule has 7 heteroatoms. The quantitative estimate of drug-likeness (QED) is 0.598. The third kappa shape index (κ3) is 1.91. The fraction of sp³-hybridized carbons (Fsp3) is 0. The number of hydrogen-bond donors (Lipinski definition) is 1. The summed E-state index contributed by atoms with van der Waals surface area (Å²) in [6, 6.07) is 11.4. The van der Waals surface area contributed by atoms with Crippen molar-refractivity contribution < 1.29 is 0 Å². The summed E-state index contributed by atoms with van der Waals surface area (Å²) in [5.74, 6) is 0. The monoisotopic (exact) mass is 278 g/mol. The molecule has 0 radical (unpaired) electrons.